The molecular weight excluding hydrogens is 264 g/mol. The summed E-state index contributed by atoms with van der Waals surface area (Å²) in [7, 11) is 0. The maximum absolute atomic E-state index is 14.0. The van der Waals surface area contributed by atoms with Crippen LogP contribution in [0, 0.1) is 18.6 Å². The van der Waals surface area contributed by atoms with Gasteiger partial charge in [-0.25, -0.2) is 8.78 Å². The minimum Gasteiger partial charge on any atom is -0.306 e. The maximum atomic E-state index is 14.0. The minimum atomic E-state index is -0.798. The third kappa shape index (κ3) is 3.01. The molecule has 1 aromatic carbocycles. The first-order chi connectivity index (χ1) is 9.15. The first kappa shape index (κ1) is 14.2. The van der Waals surface area contributed by atoms with Crippen LogP contribution in [0.4, 0.5) is 8.78 Å². The highest BCUT2D eigenvalue weighted by molar-refractivity contribution is 7.08. The molecule has 1 unspecified atom stereocenters. The average molecular weight is 281 g/mol. The molecule has 0 aliphatic carbocycles. The molecular formula is C15H17F2NS. The molecule has 0 fully saturated rings. The number of halogens is 2. The van der Waals surface area contributed by atoms with E-state index in [1.807, 2.05) is 24.6 Å². The smallest absolute Gasteiger partial charge is 0.163 e. The van der Waals surface area contributed by atoms with E-state index in [0.29, 0.717) is 5.56 Å². The molecule has 0 spiro atoms. The van der Waals surface area contributed by atoms with Crippen molar-refractivity contribution in [2.45, 2.75) is 26.3 Å². The highest BCUT2D eigenvalue weighted by atomic mass is 32.1. The van der Waals surface area contributed by atoms with Crippen molar-refractivity contribution in [3.63, 3.8) is 0 Å². The summed E-state index contributed by atoms with van der Waals surface area (Å²) in [6, 6.07) is 4.05. The number of hydrogen-bond acceptors (Lipinski definition) is 2. The van der Waals surface area contributed by atoms with Crippen LogP contribution < -0.4 is 5.32 Å². The Balaban J connectivity index is 2.43. The molecule has 102 valence electrons. The molecule has 0 aliphatic heterocycles. The lowest BCUT2D eigenvalue weighted by Gasteiger charge is -2.20. The average Bonchev–Trinajstić information content (AvgIpc) is 2.81. The predicted molar refractivity (Wildman–Crippen MR) is 75.6 cm³/mol. The van der Waals surface area contributed by atoms with Crippen LogP contribution in [0.1, 0.15) is 36.1 Å². The second kappa shape index (κ2) is 6.26. The number of thiophene rings is 1. The van der Waals surface area contributed by atoms with E-state index in [4.69, 9.17) is 0 Å². The van der Waals surface area contributed by atoms with Gasteiger partial charge in [-0.05, 0) is 47.8 Å². The lowest BCUT2D eigenvalue weighted by Crippen LogP contribution is -2.24. The first-order valence-electron chi connectivity index (χ1n) is 6.35. The molecule has 2 rings (SSSR count). The van der Waals surface area contributed by atoms with E-state index in [2.05, 4.69) is 5.32 Å². The van der Waals surface area contributed by atoms with E-state index in [-0.39, 0.29) is 6.04 Å². The number of benzene rings is 1. The zero-order chi connectivity index (χ0) is 13.8. The normalized spacial score (nSPS) is 12.6. The second-order valence-corrected chi connectivity index (χ2v) is 5.28. The quantitative estimate of drug-likeness (QED) is 0.855. The molecule has 4 heteroatoms. The molecule has 1 atom stereocenters. The fourth-order valence-electron chi connectivity index (χ4n) is 2.09. The fourth-order valence-corrected chi connectivity index (χ4v) is 2.96. The highest BCUT2D eigenvalue weighted by Crippen LogP contribution is 2.30. The molecule has 0 aliphatic rings. The zero-order valence-electron chi connectivity index (χ0n) is 11.0. The predicted octanol–water partition coefficient (Wildman–Crippen LogP) is 4.42. The largest absolute Gasteiger partial charge is 0.306 e. The van der Waals surface area contributed by atoms with Gasteiger partial charge in [0.2, 0.25) is 0 Å². The summed E-state index contributed by atoms with van der Waals surface area (Å²) in [6.07, 6.45) is 0.941. The third-order valence-electron chi connectivity index (χ3n) is 3.10. The Morgan fingerprint density at radius 2 is 2.00 bits per heavy atom. The van der Waals surface area contributed by atoms with E-state index in [0.717, 1.165) is 30.2 Å². The van der Waals surface area contributed by atoms with Crippen molar-refractivity contribution in [2.24, 2.45) is 0 Å². The molecule has 2 aromatic rings. The van der Waals surface area contributed by atoms with Gasteiger partial charge in [0, 0.05) is 5.56 Å². The van der Waals surface area contributed by atoms with Crippen LogP contribution in [-0.2, 0) is 0 Å². The van der Waals surface area contributed by atoms with Crippen molar-refractivity contribution in [3.8, 4) is 0 Å². The van der Waals surface area contributed by atoms with Gasteiger partial charge in [0.05, 0.1) is 6.04 Å². The molecule has 0 saturated heterocycles. The molecule has 1 aromatic heterocycles. The summed E-state index contributed by atoms with van der Waals surface area (Å²) in [5, 5.41) is 7.31. The fraction of sp³-hybridized carbons (Fsp3) is 0.333. The highest BCUT2D eigenvalue weighted by Gasteiger charge is 2.21. The van der Waals surface area contributed by atoms with Crippen LogP contribution in [0.5, 0.6) is 0 Å². The van der Waals surface area contributed by atoms with Crippen LogP contribution in [0.3, 0.4) is 0 Å². The Morgan fingerprint density at radius 1 is 1.21 bits per heavy atom. The van der Waals surface area contributed by atoms with Crippen molar-refractivity contribution >= 4 is 11.3 Å². The van der Waals surface area contributed by atoms with Gasteiger partial charge in [0.25, 0.3) is 0 Å². The number of rotatable bonds is 5. The van der Waals surface area contributed by atoms with Gasteiger partial charge in [-0.15, -0.1) is 0 Å². The molecule has 0 saturated carbocycles. The summed E-state index contributed by atoms with van der Waals surface area (Å²) >= 11 is 1.58. The van der Waals surface area contributed by atoms with E-state index < -0.39 is 11.6 Å². The topological polar surface area (TPSA) is 12.0 Å². The zero-order valence-corrected chi connectivity index (χ0v) is 11.9. The number of aryl methyl sites for hydroxylation is 1. The third-order valence-corrected chi connectivity index (χ3v) is 3.98. The number of hydrogen-bond donors (Lipinski definition) is 1. The van der Waals surface area contributed by atoms with Gasteiger partial charge >= 0.3 is 0 Å². The Bertz CT molecular complexity index is 551. The van der Waals surface area contributed by atoms with Crippen molar-refractivity contribution in [1.29, 1.82) is 0 Å². The summed E-state index contributed by atoms with van der Waals surface area (Å²) in [5.41, 5.74) is 2.49. The summed E-state index contributed by atoms with van der Waals surface area (Å²) in [5.74, 6) is -1.56. The summed E-state index contributed by atoms with van der Waals surface area (Å²) in [6.45, 7) is 4.80. The van der Waals surface area contributed by atoms with Crippen molar-refractivity contribution < 1.29 is 8.78 Å². The first-order valence-corrected chi connectivity index (χ1v) is 7.29. The van der Waals surface area contributed by atoms with Crippen LogP contribution in [0.2, 0.25) is 0 Å². The molecule has 1 N–H and O–H groups in total. The molecule has 0 radical (unpaired) electrons. The summed E-state index contributed by atoms with van der Waals surface area (Å²) in [4.78, 5) is 0. The SMILES string of the molecule is CCCNC(c1cscc1C)c1cccc(F)c1F. The number of nitrogens with one attached hydrogen (secondary N) is 1. The second-order valence-electron chi connectivity index (χ2n) is 4.54. The van der Waals surface area contributed by atoms with Crippen LogP contribution in [0.15, 0.2) is 29.0 Å². The van der Waals surface area contributed by atoms with Crippen LogP contribution in [0.25, 0.3) is 0 Å². The Morgan fingerprint density at radius 3 is 2.63 bits per heavy atom. The van der Waals surface area contributed by atoms with E-state index in [9.17, 15) is 8.78 Å². The molecule has 19 heavy (non-hydrogen) atoms. The van der Waals surface area contributed by atoms with E-state index >= 15 is 0 Å². The molecule has 0 amide bonds. The minimum absolute atomic E-state index is 0.290. The Hall–Kier alpha value is -1.26. The van der Waals surface area contributed by atoms with E-state index in [1.54, 1.807) is 23.5 Å². The maximum Gasteiger partial charge on any atom is 0.163 e. The summed E-state index contributed by atoms with van der Waals surface area (Å²) < 4.78 is 27.4. The molecule has 0 bridgehead atoms. The monoisotopic (exact) mass is 281 g/mol. The van der Waals surface area contributed by atoms with Gasteiger partial charge in [-0.1, -0.05) is 19.1 Å². The lowest BCUT2D eigenvalue weighted by atomic mass is 9.97. The molecule has 1 heterocycles. The lowest BCUT2D eigenvalue weighted by molar-refractivity contribution is 0.480. The Kier molecular flexibility index (Phi) is 4.66. The van der Waals surface area contributed by atoms with Gasteiger partial charge in [-0.3, -0.25) is 0 Å². The van der Waals surface area contributed by atoms with Gasteiger partial charge < -0.3 is 5.32 Å². The van der Waals surface area contributed by atoms with Crippen LogP contribution in [-0.4, -0.2) is 6.54 Å². The van der Waals surface area contributed by atoms with Crippen molar-refractivity contribution in [3.05, 3.63) is 57.3 Å². The standard InChI is InChI=1S/C15H17F2NS/c1-3-7-18-15(12-9-19-8-10(12)2)11-5-4-6-13(16)14(11)17/h4-6,8-9,15,18H,3,7H2,1-2H3. The van der Waals surface area contributed by atoms with Gasteiger partial charge in [-0.2, -0.15) is 11.3 Å². The van der Waals surface area contributed by atoms with Gasteiger partial charge in [0.1, 0.15) is 0 Å². The van der Waals surface area contributed by atoms with Crippen molar-refractivity contribution in [2.75, 3.05) is 6.54 Å². The van der Waals surface area contributed by atoms with E-state index in [1.165, 1.54) is 0 Å². The molecule has 1 nitrogen and oxygen atoms in total. The van der Waals surface area contributed by atoms with Crippen LogP contribution >= 0.6 is 11.3 Å². The Labute approximate surface area is 116 Å². The van der Waals surface area contributed by atoms with Gasteiger partial charge in [0.15, 0.2) is 11.6 Å². The van der Waals surface area contributed by atoms with Crippen molar-refractivity contribution in [1.82, 2.24) is 5.32 Å².